The van der Waals surface area contributed by atoms with Crippen molar-refractivity contribution < 1.29 is 8.78 Å². The van der Waals surface area contributed by atoms with Gasteiger partial charge in [0.25, 0.3) is 0 Å². The number of nitrogens with zero attached hydrogens (tertiary/aromatic N) is 1. The summed E-state index contributed by atoms with van der Waals surface area (Å²) < 4.78 is 26.1. The number of hydrogen-bond acceptors (Lipinski definition) is 2. The molecule has 1 fully saturated rings. The van der Waals surface area contributed by atoms with Crippen LogP contribution in [-0.2, 0) is 6.67 Å². The fourth-order valence-electron chi connectivity index (χ4n) is 1.98. The Bertz CT molecular complexity index is 347. The van der Waals surface area contributed by atoms with E-state index in [2.05, 4.69) is 5.32 Å². The summed E-state index contributed by atoms with van der Waals surface area (Å²) in [5, 5.41) is 3.26. The highest BCUT2D eigenvalue weighted by Gasteiger charge is 2.13. The van der Waals surface area contributed by atoms with Crippen LogP contribution in [0.4, 0.5) is 14.5 Å². The summed E-state index contributed by atoms with van der Waals surface area (Å²) >= 11 is 0. The largest absolute Gasteiger partial charge is 0.368 e. The highest BCUT2D eigenvalue weighted by molar-refractivity contribution is 5.49. The van der Waals surface area contributed by atoms with Crippen molar-refractivity contribution in [3.8, 4) is 0 Å². The number of alkyl halides is 1. The zero-order chi connectivity index (χ0) is 11.4. The molecule has 0 aliphatic carbocycles. The van der Waals surface area contributed by atoms with Gasteiger partial charge in [0.05, 0.1) is 5.69 Å². The average molecular weight is 226 g/mol. The van der Waals surface area contributed by atoms with Crippen molar-refractivity contribution in [2.45, 2.75) is 13.1 Å². The highest BCUT2D eigenvalue weighted by atomic mass is 19.1. The smallest absolute Gasteiger partial charge is 0.146 e. The fraction of sp³-hybridized carbons (Fsp3) is 0.500. The number of nitrogens with one attached hydrogen (secondary N) is 1. The first-order valence-electron chi connectivity index (χ1n) is 5.61. The molecule has 0 amide bonds. The molecule has 1 heterocycles. The van der Waals surface area contributed by atoms with Gasteiger partial charge in [-0.2, -0.15) is 0 Å². The third-order valence-electron chi connectivity index (χ3n) is 2.85. The topological polar surface area (TPSA) is 15.3 Å². The van der Waals surface area contributed by atoms with Crippen LogP contribution in [-0.4, -0.2) is 26.2 Å². The van der Waals surface area contributed by atoms with Crippen LogP contribution in [0.3, 0.4) is 0 Å². The Hall–Kier alpha value is -1.16. The monoisotopic (exact) mass is 226 g/mol. The predicted molar refractivity (Wildman–Crippen MR) is 60.9 cm³/mol. The minimum atomic E-state index is -0.612. The molecule has 0 bridgehead atoms. The van der Waals surface area contributed by atoms with Gasteiger partial charge in [-0.1, -0.05) is 6.07 Å². The minimum absolute atomic E-state index is 0.322. The summed E-state index contributed by atoms with van der Waals surface area (Å²) in [6.45, 7) is 2.87. The highest BCUT2D eigenvalue weighted by Crippen LogP contribution is 2.21. The maximum atomic E-state index is 13.7. The molecule has 1 N–H and O–H groups in total. The maximum Gasteiger partial charge on any atom is 0.146 e. The standard InChI is InChI=1S/C12H16F2N2/c13-9-10-2-3-12(11(14)8-10)16-6-1-4-15-5-7-16/h2-3,8,15H,1,4-7,9H2. The van der Waals surface area contributed by atoms with Gasteiger partial charge in [0.1, 0.15) is 12.5 Å². The van der Waals surface area contributed by atoms with Crippen LogP contribution in [0.1, 0.15) is 12.0 Å². The molecule has 1 aliphatic heterocycles. The minimum Gasteiger partial charge on any atom is -0.368 e. The summed E-state index contributed by atoms with van der Waals surface area (Å²) in [4.78, 5) is 2.01. The van der Waals surface area contributed by atoms with Gasteiger partial charge < -0.3 is 10.2 Å². The molecule has 1 saturated heterocycles. The zero-order valence-corrected chi connectivity index (χ0v) is 9.18. The van der Waals surface area contributed by atoms with Crippen LogP contribution in [0.2, 0.25) is 0 Å². The quantitative estimate of drug-likeness (QED) is 0.830. The summed E-state index contributed by atoms with van der Waals surface area (Å²) in [6, 6.07) is 4.61. The first-order chi connectivity index (χ1) is 7.81. The second kappa shape index (κ2) is 5.25. The molecule has 0 spiro atoms. The fourth-order valence-corrected chi connectivity index (χ4v) is 1.98. The van der Waals surface area contributed by atoms with E-state index in [-0.39, 0.29) is 5.82 Å². The van der Waals surface area contributed by atoms with Crippen molar-refractivity contribution in [3.05, 3.63) is 29.6 Å². The van der Waals surface area contributed by atoms with Crippen molar-refractivity contribution in [2.24, 2.45) is 0 Å². The second-order valence-electron chi connectivity index (χ2n) is 4.01. The lowest BCUT2D eigenvalue weighted by atomic mass is 10.2. The van der Waals surface area contributed by atoms with Gasteiger partial charge in [0, 0.05) is 19.6 Å². The van der Waals surface area contributed by atoms with Crippen molar-refractivity contribution in [2.75, 3.05) is 31.1 Å². The van der Waals surface area contributed by atoms with Gasteiger partial charge in [0.2, 0.25) is 0 Å². The molecule has 0 atom stereocenters. The molecule has 0 saturated carbocycles. The lowest BCUT2D eigenvalue weighted by Crippen LogP contribution is -2.28. The van der Waals surface area contributed by atoms with Crippen LogP contribution in [0.25, 0.3) is 0 Å². The van der Waals surface area contributed by atoms with Gasteiger partial charge in [0.15, 0.2) is 0 Å². The third-order valence-corrected chi connectivity index (χ3v) is 2.85. The van der Waals surface area contributed by atoms with E-state index >= 15 is 0 Å². The Morgan fingerprint density at radius 1 is 1.25 bits per heavy atom. The summed E-state index contributed by atoms with van der Waals surface area (Å²) in [5.41, 5.74) is 0.982. The summed E-state index contributed by atoms with van der Waals surface area (Å²) in [7, 11) is 0. The number of halogens is 2. The molecule has 1 aromatic carbocycles. The van der Waals surface area contributed by atoms with E-state index in [4.69, 9.17) is 0 Å². The Morgan fingerprint density at radius 2 is 2.12 bits per heavy atom. The molecule has 0 radical (unpaired) electrons. The lowest BCUT2D eigenvalue weighted by molar-refractivity contribution is 0.482. The molecule has 1 aliphatic rings. The molecule has 4 heteroatoms. The van der Waals surface area contributed by atoms with E-state index in [1.807, 2.05) is 4.90 Å². The first-order valence-corrected chi connectivity index (χ1v) is 5.61. The average Bonchev–Trinajstić information content (AvgIpc) is 2.57. The van der Waals surface area contributed by atoms with Gasteiger partial charge in [-0.05, 0) is 30.7 Å². The van der Waals surface area contributed by atoms with Crippen LogP contribution in [0, 0.1) is 5.82 Å². The second-order valence-corrected chi connectivity index (χ2v) is 4.01. The van der Waals surface area contributed by atoms with E-state index < -0.39 is 6.67 Å². The Labute approximate surface area is 94.3 Å². The number of benzene rings is 1. The van der Waals surface area contributed by atoms with E-state index in [0.717, 1.165) is 32.6 Å². The number of anilines is 1. The molecule has 16 heavy (non-hydrogen) atoms. The van der Waals surface area contributed by atoms with Gasteiger partial charge in [-0.15, -0.1) is 0 Å². The molecule has 88 valence electrons. The van der Waals surface area contributed by atoms with Crippen LogP contribution < -0.4 is 10.2 Å². The molecular formula is C12H16F2N2. The van der Waals surface area contributed by atoms with Crippen LogP contribution >= 0.6 is 0 Å². The molecule has 1 aromatic rings. The van der Waals surface area contributed by atoms with Crippen molar-refractivity contribution in [1.82, 2.24) is 5.32 Å². The van der Waals surface area contributed by atoms with E-state index in [9.17, 15) is 8.78 Å². The van der Waals surface area contributed by atoms with Gasteiger partial charge >= 0.3 is 0 Å². The Kier molecular flexibility index (Phi) is 3.72. The summed E-state index contributed by atoms with van der Waals surface area (Å²) in [6.07, 6.45) is 1.00. The van der Waals surface area contributed by atoms with Crippen LogP contribution in [0.5, 0.6) is 0 Å². The first kappa shape index (κ1) is 11.3. The Balaban J connectivity index is 2.18. The number of rotatable bonds is 2. The van der Waals surface area contributed by atoms with E-state index in [1.165, 1.54) is 6.07 Å². The molecule has 0 unspecified atom stereocenters. The number of hydrogen-bond donors (Lipinski definition) is 1. The van der Waals surface area contributed by atoms with Crippen LogP contribution in [0.15, 0.2) is 18.2 Å². The normalized spacial score (nSPS) is 17.2. The van der Waals surface area contributed by atoms with Gasteiger partial charge in [-0.3, -0.25) is 0 Å². The maximum absolute atomic E-state index is 13.7. The van der Waals surface area contributed by atoms with E-state index in [1.54, 1.807) is 12.1 Å². The molecular weight excluding hydrogens is 210 g/mol. The lowest BCUT2D eigenvalue weighted by Gasteiger charge is -2.23. The van der Waals surface area contributed by atoms with Gasteiger partial charge in [-0.25, -0.2) is 8.78 Å². The molecule has 2 nitrogen and oxygen atoms in total. The molecule has 2 rings (SSSR count). The van der Waals surface area contributed by atoms with Crippen molar-refractivity contribution in [3.63, 3.8) is 0 Å². The summed E-state index contributed by atoms with van der Waals surface area (Å²) in [5.74, 6) is -0.322. The SMILES string of the molecule is FCc1ccc(N2CCCNCC2)c(F)c1. The third kappa shape index (κ3) is 2.50. The Morgan fingerprint density at radius 3 is 2.88 bits per heavy atom. The zero-order valence-electron chi connectivity index (χ0n) is 9.18. The van der Waals surface area contributed by atoms with Crippen molar-refractivity contribution in [1.29, 1.82) is 0 Å². The van der Waals surface area contributed by atoms with E-state index in [0.29, 0.717) is 11.3 Å². The van der Waals surface area contributed by atoms with Crippen molar-refractivity contribution >= 4 is 5.69 Å². The molecule has 0 aromatic heterocycles. The predicted octanol–water partition coefficient (Wildman–Crippen LogP) is 2.09.